The maximum Gasteiger partial charge on any atom is 0.289 e. The predicted molar refractivity (Wildman–Crippen MR) is 71.8 cm³/mol. The molecule has 4 nitrogen and oxygen atoms in total. The second-order valence-electron chi connectivity index (χ2n) is 4.23. The normalized spacial score (nSPS) is 10.4. The molecule has 0 aliphatic heterocycles. The SMILES string of the molecule is O=C(c1ccco1)N(CCO)CCc1ccccc1. The Morgan fingerprint density at radius 3 is 2.53 bits per heavy atom. The van der Waals surface area contributed by atoms with Crippen LogP contribution in [0.4, 0.5) is 0 Å². The van der Waals surface area contributed by atoms with E-state index in [2.05, 4.69) is 0 Å². The lowest BCUT2D eigenvalue weighted by Gasteiger charge is -2.20. The lowest BCUT2D eigenvalue weighted by atomic mass is 10.1. The number of aliphatic hydroxyl groups excluding tert-OH is 1. The van der Waals surface area contributed by atoms with Gasteiger partial charge >= 0.3 is 0 Å². The number of furan rings is 1. The van der Waals surface area contributed by atoms with Crippen molar-refractivity contribution in [1.29, 1.82) is 0 Å². The van der Waals surface area contributed by atoms with E-state index in [1.54, 1.807) is 17.0 Å². The Hall–Kier alpha value is -2.07. The van der Waals surface area contributed by atoms with E-state index >= 15 is 0 Å². The van der Waals surface area contributed by atoms with E-state index in [-0.39, 0.29) is 12.5 Å². The molecule has 0 spiro atoms. The van der Waals surface area contributed by atoms with Gasteiger partial charge in [0.25, 0.3) is 5.91 Å². The molecule has 0 saturated heterocycles. The summed E-state index contributed by atoms with van der Waals surface area (Å²) in [5.41, 5.74) is 1.16. The highest BCUT2D eigenvalue weighted by Gasteiger charge is 2.17. The van der Waals surface area contributed by atoms with Gasteiger partial charge < -0.3 is 14.4 Å². The Morgan fingerprint density at radius 1 is 1.11 bits per heavy atom. The fraction of sp³-hybridized carbons (Fsp3) is 0.267. The Morgan fingerprint density at radius 2 is 1.89 bits per heavy atom. The molecule has 0 aliphatic rings. The van der Waals surface area contributed by atoms with Crippen LogP contribution in [0.1, 0.15) is 16.1 Å². The van der Waals surface area contributed by atoms with E-state index in [0.717, 1.165) is 12.0 Å². The number of carbonyl (C=O) groups excluding carboxylic acids is 1. The maximum absolute atomic E-state index is 12.1. The summed E-state index contributed by atoms with van der Waals surface area (Å²) in [6, 6.07) is 13.3. The van der Waals surface area contributed by atoms with Gasteiger partial charge in [0.05, 0.1) is 12.9 Å². The van der Waals surface area contributed by atoms with Gasteiger partial charge in [0.1, 0.15) is 0 Å². The summed E-state index contributed by atoms with van der Waals surface area (Å²) in [6.07, 6.45) is 2.23. The number of aliphatic hydroxyl groups is 1. The lowest BCUT2D eigenvalue weighted by Crippen LogP contribution is -2.35. The molecule has 19 heavy (non-hydrogen) atoms. The molecular weight excluding hydrogens is 242 g/mol. The van der Waals surface area contributed by atoms with Gasteiger partial charge in [-0.1, -0.05) is 30.3 Å². The molecule has 0 fully saturated rings. The number of hydrogen-bond acceptors (Lipinski definition) is 3. The minimum Gasteiger partial charge on any atom is -0.459 e. The summed E-state index contributed by atoms with van der Waals surface area (Å²) >= 11 is 0. The maximum atomic E-state index is 12.1. The standard InChI is InChI=1S/C15H17NO3/c17-11-10-16(15(18)14-7-4-12-19-14)9-8-13-5-2-1-3-6-13/h1-7,12,17H,8-11H2. The molecule has 1 aromatic heterocycles. The average molecular weight is 259 g/mol. The topological polar surface area (TPSA) is 53.7 Å². The van der Waals surface area contributed by atoms with Gasteiger partial charge in [0, 0.05) is 13.1 Å². The number of nitrogens with zero attached hydrogens (tertiary/aromatic N) is 1. The first-order valence-electron chi connectivity index (χ1n) is 6.29. The molecule has 1 N–H and O–H groups in total. The van der Waals surface area contributed by atoms with Crippen LogP contribution in [0.5, 0.6) is 0 Å². The van der Waals surface area contributed by atoms with Gasteiger partial charge in [-0.05, 0) is 24.1 Å². The van der Waals surface area contributed by atoms with Gasteiger partial charge in [0.2, 0.25) is 0 Å². The molecule has 0 unspecified atom stereocenters. The first-order valence-corrected chi connectivity index (χ1v) is 6.29. The van der Waals surface area contributed by atoms with Gasteiger partial charge in [-0.3, -0.25) is 4.79 Å². The zero-order valence-electron chi connectivity index (χ0n) is 10.7. The van der Waals surface area contributed by atoms with Gasteiger partial charge in [-0.2, -0.15) is 0 Å². The van der Waals surface area contributed by atoms with Gasteiger partial charge in [0.15, 0.2) is 5.76 Å². The molecule has 4 heteroatoms. The van der Waals surface area contributed by atoms with Crippen LogP contribution >= 0.6 is 0 Å². The fourth-order valence-electron chi connectivity index (χ4n) is 1.90. The van der Waals surface area contributed by atoms with Crippen molar-refractivity contribution < 1.29 is 14.3 Å². The molecule has 1 amide bonds. The van der Waals surface area contributed by atoms with Crippen molar-refractivity contribution in [1.82, 2.24) is 4.90 Å². The van der Waals surface area contributed by atoms with Gasteiger partial charge in [-0.25, -0.2) is 0 Å². The molecule has 0 aliphatic carbocycles. The summed E-state index contributed by atoms with van der Waals surface area (Å²) in [5, 5.41) is 9.06. The van der Waals surface area contributed by atoms with Crippen molar-refractivity contribution in [3.63, 3.8) is 0 Å². The van der Waals surface area contributed by atoms with E-state index in [0.29, 0.717) is 18.8 Å². The highest BCUT2D eigenvalue weighted by Crippen LogP contribution is 2.07. The largest absolute Gasteiger partial charge is 0.459 e. The minimum atomic E-state index is -0.185. The molecule has 2 rings (SSSR count). The third kappa shape index (κ3) is 3.69. The highest BCUT2D eigenvalue weighted by molar-refractivity contribution is 5.91. The van der Waals surface area contributed by atoms with E-state index in [1.165, 1.54) is 6.26 Å². The minimum absolute atomic E-state index is 0.0543. The smallest absolute Gasteiger partial charge is 0.289 e. The van der Waals surface area contributed by atoms with Crippen molar-refractivity contribution in [2.24, 2.45) is 0 Å². The molecule has 100 valence electrons. The van der Waals surface area contributed by atoms with Crippen LogP contribution in [0, 0.1) is 0 Å². The van der Waals surface area contributed by atoms with Crippen LogP contribution in [0.25, 0.3) is 0 Å². The number of carbonyl (C=O) groups is 1. The third-order valence-corrected chi connectivity index (χ3v) is 2.90. The zero-order valence-corrected chi connectivity index (χ0v) is 10.7. The van der Waals surface area contributed by atoms with Crippen LogP contribution in [-0.2, 0) is 6.42 Å². The third-order valence-electron chi connectivity index (χ3n) is 2.90. The molecule has 0 bridgehead atoms. The highest BCUT2D eigenvalue weighted by atomic mass is 16.3. The number of benzene rings is 1. The van der Waals surface area contributed by atoms with Crippen LogP contribution in [0.2, 0.25) is 0 Å². The van der Waals surface area contributed by atoms with E-state index < -0.39 is 0 Å². The first-order chi connectivity index (χ1) is 9.31. The molecule has 0 radical (unpaired) electrons. The first kappa shape index (κ1) is 13.4. The predicted octanol–water partition coefficient (Wildman–Crippen LogP) is 1.96. The average Bonchev–Trinajstić information content (AvgIpc) is 2.98. The van der Waals surface area contributed by atoms with Crippen LogP contribution in [-0.4, -0.2) is 35.6 Å². The van der Waals surface area contributed by atoms with Crippen molar-refractivity contribution in [2.45, 2.75) is 6.42 Å². The Kier molecular flexibility index (Phi) is 4.75. The van der Waals surface area contributed by atoms with Gasteiger partial charge in [-0.15, -0.1) is 0 Å². The van der Waals surface area contributed by atoms with Crippen molar-refractivity contribution in [2.75, 3.05) is 19.7 Å². The van der Waals surface area contributed by atoms with Crippen molar-refractivity contribution >= 4 is 5.91 Å². The lowest BCUT2D eigenvalue weighted by molar-refractivity contribution is 0.0692. The summed E-state index contributed by atoms with van der Waals surface area (Å²) in [7, 11) is 0. The monoisotopic (exact) mass is 259 g/mol. The Labute approximate surface area is 112 Å². The summed E-state index contributed by atoms with van der Waals surface area (Å²) in [6.45, 7) is 0.817. The Balaban J connectivity index is 1.98. The fourth-order valence-corrected chi connectivity index (χ4v) is 1.90. The van der Waals surface area contributed by atoms with Crippen molar-refractivity contribution in [3.05, 3.63) is 60.1 Å². The second kappa shape index (κ2) is 6.75. The van der Waals surface area contributed by atoms with Crippen molar-refractivity contribution in [3.8, 4) is 0 Å². The van der Waals surface area contributed by atoms with Crippen LogP contribution in [0.3, 0.4) is 0 Å². The number of rotatable bonds is 6. The van der Waals surface area contributed by atoms with E-state index in [1.807, 2.05) is 30.3 Å². The second-order valence-corrected chi connectivity index (χ2v) is 4.23. The molecule has 1 heterocycles. The van der Waals surface area contributed by atoms with Crippen LogP contribution < -0.4 is 0 Å². The van der Waals surface area contributed by atoms with Crippen LogP contribution in [0.15, 0.2) is 53.1 Å². The summed E-state index contributed by atoms with van der Waals surface area (Å²) in [5.74, 6) is 0.122. The number of hydrogen-bond donors (Lipinski definition) is 1. The number of amides is 1. The van der Waals surface area contributed by atoms with E-state index in [9.17, 15) is 4.79 Å². The quantitative estimate of drug-likeness (QED) is 0.862. The molecule has 1 aromatic carbocycles. The van der Waals surface area contributed by atoms with E-state index in [4.69, 9.17) is 9.52 Å². The summed E-state index contributed by atoms with van der Waals surface area (Å²) in [4.78, 5) is 13.7. The zero-order chi connectivity index (χ0) is 13.5. The molecule has 2 aromatic rings. The Bertz CT molecular complexity index is 493. The summed E-state index contributed by atoms with van der Waals surface area (Å²) < 4.78 is 5.10. The molecule has 0 saturated carbocycles. The molecule has 0 atom stereocenters. The molecular formula is C15H17NO3.